The van der Waals surface area contributed by atoms with Crippen molar-refractivity contribution in [1.29, 1.82) is 0 Å². The summed E-state index contributed by atoms with van der Waals surface area (Å²) in [5.74, 6) is 1.65. The fourth-order valence-corrected chi connectivity index (χ4v) is 1.90. The molecular formula is C17H22N4O2. The predicted octanol–water partition coefficient (Wildman–Crippen LogP) is 2.48. The highest BCUT2D eigenvalue weighted by Crippen LogP contribution is 2.13. The summed E-state index contributed by atoms with van der Waals surface area (Å²) in [6, 6.07) is 9.41. The third-order valence-corrected chi connectivity index (χ3v) is 3.20. The van der Waals surface area contributed by atoms with Crippen molar-refractivity contribution in [3.8, 4) is 5.75 Å². The van der Waals surface area contributed by atoms with Gasteiger partial charge in [-0.2, -0.15) is 0 Å². The molecule has 23 heavy (non-hydrogen) atoms. The molecule has 1 aromatic carbocycles. The average Bonchev–Trinajstić information content (AvgIpc) is 2.58. The van der Waals surface area contributed by atoms with Crippen LogP contribution in [0.4, 0.5) is 5.82 Å². The molecule has 2 N–H and O–H groups in total. The van der Waals surface area contributed by atoms with E-state index >= 15 is 0 Å². The molecule has 0 bridgehead atoms. The summed E-state index contributed by atoms with van der Waals surface area (Å²) in [6.45, 7) is 5.32. The average molecular weight is 314 g/mol. The molecule has 0 spiro atoms. The van der Waals surface area contributed by atoms with Gasteiger partial charge >= 0.3 is 0 Å². The van der Waals surface area contributed by atoms with Gasteiger partial charge in [0.15, 0.2) is 0 Å². The zero-order valence-corrected chi connectivity index (χ0v) is 13.7. The van der Waals surface area contributed by atoms with Crippen molar-refractivity contribution in [2.75, 3.05) is 19.0 Å². The van der Waals surface area contributed by atoms with Gasteiger partial charge in [0.25, 0.3) is 5.91 Å². The molecule has 6 nitrogen and oxygen atoms in total. The maximum atomic E-state index is 12.0. The van der Waals surface area contributed by atoms with E-state index in [1.807, 2.05) is 38.1 Å². The van der Waals surface area contributed by atoms with E-state index in [0.717, 1.165) is 11.3 Å². The van der Waals surface area contributed by atoms with Crippen molar-refractivity contribution in [3.05, 3.63) is 47.9 Å². The Balaban J connectivity index is 1.95. The van der Waals surface area contributed by atoms with Crippen LogP contribution in [0.15, 0.2) is 36.7 Å². The van der Waals surface area contributed by atoms with E-state index in [9.17, 15) is 4.79 Å². The molecule has 6 heteroatoms. The zero-order chi connectivity index (χ0) is 16.7. The molecule has 0 saturated heterocycles. The molecule has 1 heterocycles. The van der Waals surface area contributed by atoms with Crippen molar-refractivity contribution < 1.29 is 9.53 Å². The first-order valence-electron chi connectivity index (χ1n) is 7.55. The van der Waals surface area contributed by atoms with Crippen LogP contribution in [-0.2, 0) is 6.54 Å². The van der Waals surface area contributed by atoms with Gasteiger partial charge in [-0.05, 0) is 23.6 Å². The molecule has 122 valence electrons. The maximum Gasteiger partial charge on any atom is 0.270 e. The van der Waals surface area contributed by atoms with Gasteiger partial charge in [-0.25, -0.2) is 9.97 Å². The van der Waals surface area contributed by atoms with E-state index in [0.29, 0.717) is 30.5 Å². The first-order chi connectivity index (χ1) is 11.1. The Morgan fingerprint density at radius 2 is 1.96 bits per heavy atom. The Morgan fingerprint density at radius 1 is 1.22 bits per heavy atom. The number of methoxy groups -OCH3 is 1. The molecule has 0 unspecified atom stereocenters. The molecule has 1 aromatic heterocycles. The van der Waals surface area contributed by atoms with Crippen LogP contribution >= 0.6 is 0 Å². The lowest BCUT2D eigenvalue weighted by Crippen LogP contribution is -2.28. The van der Waals surface area contributed by atoms with Crippen molar-refractivity contribution >= 4 is 11.7 Å². The molecule has 0 radical (unpaired) electrons. The summed E-state index contributed by atoms with van der Waals surface area (Å²) in [5.41, 5.74) is 1.45. The lowest BCUT2D eigenvalue weighted by Gasteiger charge is -2.09. The fourth-order valence-electron chi connectivity index (χ4n) is 1.90. The van der Waals surface area contributed by atoms with Crippen molar-refractivity contribution in [3.63, 3.8) is 0 Å². The normalized spacial score (nSPS) is 10.4. The van der Waals surface area contributed by atoms with Crippen LogP contribution in [0.5, 0.6) is 5.75 Å². The number of benzene rings is 1. The summed E-state index contributed by atoms with van der Waals surface area (Å²) in [4.78, 5) is 20.2. The summed E-state index contributed by atoms with van der Waals surface area (Å²) >= 11 is 0. The van der Waals surface area contributed by atoms with Gasteiger partial charge in [-0.3, -0.25) is 4.79 Å². The molecule has 0 atom stereocenters. The second kappa shape index (κ2) is 8.12. The number of hydrogen-bond acceptors (Lipinski definition) is 5. The molecule has 2 rings (SSSR count). The SMILES string of the molecule is COc1ccc(CNc2cc(C(=O)NCC(C)C)ncn2)cc1. The minimum atomic E-state index is -0.186. The number of hydrogen-bond donors (Lipinski definition) is 2. The lowest BCUT2D eigenvalue weighted by molar-refractivity contribution is 0.0944. The van der Waals surface area contributed by atoms with E-state index in [1.54, 1.807) is 13.2 Å². The third kappa shape index (κ3) is 5.25. The van der Waals surface area contributed by atoms with Crippen LogP contribution in [0.3, 0.4) is 0 Å². The Labute approximate surface area is 136 Å². The van der Waals surface area contributed by atoms with Gasteiger partial charge in [0.1, 0.15) is 23.6 Å². The van der Waals surface area contributed by atoms with Gasteiger partial charge in [0.05, 0.1) is 7.11 Å². The van der Waals surface area contributed by atoms with Crippen LogP contribution in [-0.4, -0.2) is 29.5 Å². The molecule has 0 aliphatic rings. The standard InChI is InChI=1S/C17H22N4O2/c1-12(2)9-19-17(22)15-8-16(21-11-20-15)18-10-13-4-6-14(23-3)7-5-13/h4-8,11-12H,9-10H2,1-3H3,(H,19,22)(H,18,20,21). The van der Waals surface area contributed by atoms with Gasteiger partial charge in [-0.15, -0.1) is 0 Å². The summed E-state index contributed by atoms with van der Waals surface area (Å²) in [6.07, 6.45) is 1.39. The number of carbonyl (C=O) groups is 1. The molecule has 0 fully saturated rings. The summed E-state index contributed by atoms with van der Waals surface area (Å²) in [7, 11) is 1.64. The Bertz CT molecular complexity index is 641. The van der Waals surface area contributed by atoms with Crippen molar-refractivity contribution in [1.82, 2.24) is 15.3 Å². The first-order valence-corrected chi connectivity index (χ1v) is 7.55. The number of aromatic nitrogens is 2. The summed E-state index contributed by atoms with van der Waals surface area (Å²) in [5, 5.41) is 6.03. The fraction of sp³-hybridized carbons (Fsp3) is 0.353. The zero-order valence-electron chi connectivity index (χ0n) is 13.7. The highest BCUT2D eigenvalue weighted by atomic mass is 16.5. The third-order valence-electron chi connectivity index (χ3n) is 3.20. The van der Waals surface area contributed by atoms with E-state index in [4.69, 9.17) is 4.74 Å². The van der Waals surface area contributed by atoms with E-state index in [1.165, 1.54) is 6.33 Å². The highest BCUT2D eigenvalue weighted by molar-refractivity contribution is 5.92. The minimum absolute atomic E-state index is 0.186. The summed E-state index contributed by atoms with van der Waals surface area (Å²) < 4.78 is 5.13. The largest absolute Gasteiger partial charge is 0.497 e. The van der Waals surface area contributed by atoms with Crippen LogP contribution in [0, 0.1) is 5.92 Å². The first kappa shape index (κ1) is 16.7. The lowest BCUT2D eigenvalue weighted by atomic mass is 10.2. The van der Waals surface area contributed by atoms with Gasteiger partial charge in [0, 0.05) is 19.2 Å². The topological polar surface area (TPSA) is 76.1 Å². The smallest absolute Gasteiger partial charge is 0.270 e. The second-order valence-electron chi connectivity index (χ2n) is 5.59. The number of nitrogens with one attached hydrogen (secondary N) is 2. The maximum absolute atomic E-state index is 12.0. The molecule has 2 aromatic rings. The van der Waals surface area contributed by atoms with Crippen molar-refractivity contribution in [2.24, 2.45) is 5.92 Å². The number of rotatable bonds is 7. The van der Waals surface area contributed by atoms with Crippen LogP contribution in [0.2, 0.25) is 0 Å². The Hall–Kier alpha value is -2.63. The molecular weight excluding hydrogens is 292 g/mol. The Kier molecular flexibility index (Phi) is 5.91. The van der Waals surface area contributed by atoms with Crippen molar-refractivity contribution in [2.45, 2.75) is 20.4 Å². The van der Waals surface area contributed by atoms with Gasteiger partial charge < -0.3 is 15.4 Å². The van der Waals surface area contributed by atoms with E-state index in [-0.39, 0.29) is 5.91 Å². The van der Waals surface area contributed by atoms with E-state index in [2.05, 4.69) is 20.6 Å². The quantitative estimate of drug-likeness (QED) is 0.821. The Morgan fingerprint density at radius 3 is 2.61 bits per heavy atom. The minimum Gasteiger partial charge on any atom is -0.497 e. The van der Waals surface area contributed by atoms with Crippen LogP contribution in [0.25, 0.3) is 0 Å². The number of carbonyl (C=O) groups excluding carboxylic acids is 1. The molecule has 0 saturated carbocycles. The van der Waals surface area contributed by atoms with Gasteiger partial charge in [0.2, 0.25) is 0 Å². The van der Waals surface area contributed by atoms with E-state index < -0.39 is 0 Å². The molecule has 0 aliphatic heterocycles. The van der Waals surface area contributed by atoms with Gasteiger partial charge in [-0.1, -0.05) is 26.0 Å². The second-order valence-corrected chi connectivity index (χ2v) is 5.59. The molecule has 0 aliphatic carbocycles. The monoisotopic (exact) mass is 314 g/mol. The number of amides is 1. The van der Waals surface area contributed by atoms with Crippen LogP contribution in [0.1, 0.15) is 29.9 Å². The molecule has 1 amide bonds. The van der Waals surface area contributed by atoms with Crippen LogP contribution < -0.4 is 15.4 Å². The number of nitrogens with zero attached hydrogens (tertiary/aromatic N) is 2. The number of ether oxygens (including phenoxy) is 1. The number of anilines is 1. The predicted molar refractivity (Wildman–Crippen MR) is 89.5 cm³/mol. The highest BCUT2D eigenvalue weighted by Gasteiger charge is 2.09.